The summed E-state index contributed by atoms with van der Waals surface area (Å²) in [6, 6.07) is 7.66. The van der Waals surface area contributed by atoms with Gasteiger partial charge in [-0.25, -0.2) is 0 Å². The molecule has 4 heteroatoms. The van der Waals surface area contributed by atoms with Crippen molar-refractivity contribution in [2.45, 2.75) is 32.0 Å². The molecule has 4 nitrogen and oxygen atoms in total. The zero-order chi connectivity index (χ0) is 13.4. The second-order valence-corrected chi connectivity index (χ2v) is 5.08. The lowest BCUT2D eigenvalue weighted by atomic mass is 10.1. The predicted molar refractivity (Wildman–Crippen MR) is 72.2 cm³/mol. The minimum Gasteiger partial charge on any atom is -0.453 e. The summed E-state index contributed by atoms with van der Waals surface area (Å²) in [6.45, 7) is 2.48. The van der Waals surface area contributed by atoms with Crippen LogP contribution in [0.2, 0.25) is 0 Å². The fraction of sp³-hybridized carbons (Fsp3) is 0.400. The molecular formula is C15H17NO3. The summed E-state index contributed by atoms with van der Waals surface area (Å²) >= 11 is 0. The third kappa shape index (κ3) is 2.29. The van der Waals surface area contributed by atoms with Crippen molar-refractivity contribution in [3.63, 3.8) is 0 Å². The van der Waals surface area contributed by atoms with Crippen LogP contribution in [0, 0.1) is 6.92 Å². The first-order valence-corrected chi connectivity index (χ1v) is 6.57. The zero-order valence-corrected chi connectivity index (χ0v) is 10.9. The van der Waals surface area contributed by atoms with E-state index in [-0.39, 0.29) is 11.9 Å². The van der Waals surface area contributed by atoms with Gasteiger partial charge in [-0.3, -0.25) is 4.79 Å². The molecule has 1 aliphatic heterocycles. The molecule has 2 unspecified atom stereocenters. The number of Topliss-reactive ketones (excluding diaryl/α,β-unsaturated/α-hetero) is 1. The molecule has 0 bridgehead atoms. The Balaban J connectivity index is 1.86. The highest BCUT2D eigenvalue weighted by atomic mass is 16.5. The van der Waals surface area contributed by atoms with E-state index in [4.69, 9.17) is 14.9 Å². The van der Waals surface area contributed by atoms with Crippen LogP contribution in [0.4, 0.5) is 0 Å². The molecule has 19 heavy (non-hydrogen) atoms. The molecule has 2 heterocycles. The first-order chi connectivity index (χ1) is 9.17. The number of hydrogen-bond donors (Lipinski definition) is 1. The molecule has 2 aromatic rings. The van der Waals surface area contributed by atoms with E-state index in [1.807, 2.05) is 25.1 Å². The second kappa shape index (κ2) is 4.79. The van der Waals surface area contributed by atoms with Gasteiger partial charge in [0.15, 0.2) is 5.76 Å². The number of rotatable bonds is 3. The molecule has 2 N–H and O–H groups in total. The van der Waals surface area contributed by atoms with Crippen LogP contribution in [0.1, 0.15) is 29.0 Å². The molecule has 1 aromatic heterocycles. The van der Waals surface area contributed by atoms with Crippen molar-refractivity contribution in [3.05, 3.63) is 35.6 Å². The number of nitrogens with two attached hydrogens (primary N) is 1. The minimum absolute atomic E-state index is 0.000530. The molecule has 0 aliphatic carbocycles. The van der Waals surface area contributed by atoms with E-state index in [0.29, 0.717) is 12.3 Å². The maximum Gasteiger partial charge on any atom is 0.226 e. The van der Waals surface area contributed by atoms with Gasteiger partial charge in [0, 0.05) is 11.9 Å². The maximum absolute atomic E-state index is 12.3. The lowest BCUT2D eigenvalue weighted by molar-refractivity contribution is 0.0385. The average molecular weight is 259 g/mol. The quantitative estimate of drug-likeness (QED) is 0.860. The third-order valence-corrected chi connectivity index (χ3v) is 3.58. The molecule has 1 fully saturated rings. The van der Waals surface area contributed by atoms with Gasteiger partial charge in [0.1, 0.15) is 11.7 Å². The second-order valence-electron chi connectivity index (χ2n) is 5.08. The number of benzene rings is 1. The van der Waals surface area contributed by atoms with Crippen LogP contribution in [0.15, 0.2) is 28.7 Å². The predicted octanol–water partition coefficient (Wildman–Crippen LogP) is 2.43. The molecule has 1 saturated heterocycles. The molecule has 0 saturated carbocycles. The summed E-state index contributed by atoms with van der Waals surface area (Å²) < 4.78 is 11.2. The fourth-order valence-electron chi connectivity index (χ4n) is 2.51. The van der Waals surface area contributed by atoms with Gasteiger partial charge in [0.25, 0.3) is 0 Å². The highest BCUT2D eigenvalue weighted by molar-refractivity contribution is 6.00. The molecule has 1 aliphatic rings. The Morgan fingerprint density at radius 3 is 2.95 bits per heavy atom. The molecule has 1 aromatic carbocycles. The van der Waals surface area contributed by atoms with Gasteiger partial charge in [-0.2, -0.15) is 0 Å². The Morgan fingerprint density at radius 1 is 1.37 bits per heavy atom. The zero-order valence-electron chi connectivity index (χ0n) is 10.9. The number of carbonyl (C=O) groups is 1. The van der Waals surface area contributed by atoms with Crippen molar-refractivity contribution < 1.29 is 13.9 Å². The van der Waals surface area contributed by atoms with Gasteiger partial charge >= 0.3 is 0 Å². The number of ether oxygens (including phenoxy) is 1. The van der Waals surface area contributed by atoms with Crippen LogP contribution in [-0.2, 0) is 4.74 Å². The van der Waals surface area contributed by atoms with E-state index < -0.39 is 6.10 Å². The van der Waals surface area contributed by atoms with E-state index in [0.717, 1.165) is 29.4 Å². The van der Waals surface area contributed by atoms with Crippen LogP contribution in [0.5, 0.6) is 0 Å². The smallest absolute Gasteiger partial charge is 0.226 e. The molecule has 100 valence electrons. The average Bonchev–Trinajstić information content (AvgIpc) is 3.03. The maximum atomic E-state index is 12.3. The van der Waals surface area contributed by atoms with Crippen molar-refractivity contribution in [1.29, 1.82) is 0 Å². The van der Waals surface area contributed by atoms with Gasteiger partial charge in [0.2, 0.25) is 5.78 Å². The van der Waals surface area contributed by atoms with E-state index in [9.17, 15) is 4.79 Å². The van der Waals surface area contributed by atoms with Crippen molar-refractivity contribution >= 4 is 16.8 Å². The molecule has 2 atom stereocenters. The van der Waals surface area contributed by atoms with Gasteiger partial charge in [0.05, 0.1) is 6.10 Å². The highest BCUT2D eigenvalue weighted by Gasteiger charge is 2.32. The van der Waals surface area contributed by atoms with Crippen LogP contribution in [-0.4, -0.2) is 24.5 Å². The SMILES string of the molecule is Cc1ccc2oc(C(=O)C3CCC(CN)O3)cc2c1. The Hall–Kier alpha value is -1.65. The number of ketones is 1. The monoisotopic (exact) mass is 259 g/mol. The summed E-state index contributed by atoms with van der Waals surface area (Å²) in [5.74, 6) is 0.299. The molecule has 3 rings (SSSR count). The molecule has 0 radical (unpaired) electrons. The van der Waals surface area contributed by atoms with Crippen LogP contribution >= 0.6 is 0 Å². The number of fused-ring (bicyclic) bond motifs is 1. The van der Waals surface area contributed by atoms with Gasteiger partial charge < -0.3 is 14.9 Å². The van der Waals surface area contributed by atoms with E-state index in [2.05, 4.69) is 0 Å². The summed E-state index contributed by atoms with van der Waals surface area (Å²) in [4.78, 5) is 12.3. The largest absolute Gasteiger partial charge is 0.453 e. The summed E-state index contributed by atoms with van der Waals surface area (Å²) in [7, 11) is 0. The standard InChI is InChI=1S/C15H17NO3/c1-9-2-4-12-10(6-9)7-14(19-12)15(17)13-5-3-11(8-16)18-13/h2,4,6-7,11,13H,3,5,8,16H2,1H3. The lowest BCUT2D eigenvalue weighted by Gasteiger charge is -2.09. The fourth-order valence-corrected chi connectivity index (χ4v) is 2.51. The number of aryl methyl sites for hydroxylation is 1. The summed E-state index contributed by atoms with van der Waals surface area (Å²) in [5, 5.41) is 0.955. The number of carbonyl (C=O) groups excluding carboxylic acids is 1. The Labute approximate surface area is 111 Å². The molecular weight excluding hydrogens is 242 g/mol. The van der Waals surface area contributed by atoms with Crippen LogP contribution in [0.25, 0.3) is 11.0 Å². The Kier molecular flexibility index (Phi) is 3.12. The summed E-state index contributed by atoms with van der Waals surface area (Å²) in [5.41, 5.74) is 7.44. The van der Waals surface area contributed by atoms with E-state index in [1.54, 1.807) is 6.07 Å². The van der Waals surface area contributed by atoms with Crippen LogP contribution in [0.3, 0.4) is 0 Å². The van der Waals surface area contributed by atoms with Crippen molar-refractivity contribution in [2.75, 3.05) is 6.54 Å². The third-order valence-electron chi connectivity index (χ3n) is 3.58. The van der Waals surface area contributed by atoms with E-state index >= 15 is 0 Å². The minimum atomic E-state index is -0.407. The number of furan rings is 1. The van der Waals surface area contributed by atoms with Crippen molar-refractivity contribution in [2.24, 2.45) is 5.73 Å². The van der Waals surface area contributed by atoms with Crippen molar-refractivity contribution in [1.82, 2.24) is 0 Å². The van der Waals surface area contributed by atoms with Crippen molar-refractivity contribution in [3.8, 4) is 0 Å². The van der Waals surface area contributed by atoms with Gasteiger partial charge in [-0.1, -0.05) is 11.6 Å². The first kappa shape index (κ1) is 12.4. The van der Waals surface area contributed by atoms with Crippen LogP contribution < -0.4 is 5.73 Å². The normalized spacial score (nSPS) is 23.1. The summed E-state index contributed by atoms with van der Waals surface area (Å²) in [6.07, 6.45) is 1.15. The topological polar surface area (TPSA) is 65.5 Å². The molecule has 0 spiro atoms. The Morgan fingerprint density at radius 2 is 2.21 bits per heavy atom. The highest BCUT2D eigenvalue weighted by Crippen LogP contribution is 2.26. The molecule has 0 amide bonds. The first-order valence-electron chi connectivity index (χ1n) is 6.57. The lowest BCUT2D eigenvalue weighted by Crippen LogP contribution is -2.24. The van der Waals surface area contributed by atoms with Gasteiger partial charge in [-0.15, -0.1) is 0 Å². The number of hydrogen-bond acceptors (Lipinski definition) is 4. The Bertz CT molecular complexity index is 617. The van der Waals surface area contributed by atoms with Gasteiger partial charge in [-0.05, 0) is 38.0 Å². The van der Waals surface area contributed by atoms with E-state index in [1.165, 1.54) is 0 Å².